The van der Waals surface area contributed by atoms with Gasteiger partial charge in [-0.15, -0.1) is 0 Å². The summed E-state index contributed by atoms with van der Waals surface area (Å²) in [6.07, 6.45) is 0. The quantitative estimate of drug-likeness (QED) is 0.891. The summed E-state index contributed by atoms with van der Waals surface area (Å²) in [6.45, 7) is 4.94. The van der Waals surface area contributed by atoms with Crippen LogP contribution in [0.2, 0.25) is 0 Å². The van der Waals surface area contributed by atoms with E-state index in [-0.39, 0.29) is 10.9 Å². The molecule has 0 aliphatic heterocycles. The zero-order valence-electron chi connectivity index (χ0n) is 11.5. The first-order valence-electron chi connectivity index (χ1n) is 6.26. The van der Waals surface area contributed by atoms with Crippen LogP contribution in [-0.2, 0) is 16.6 Å². The second kappa shape index (κ2) is 6.05. The van der Waals surface area contributed by atoms with Gasteiger partial charge in [-0.2, -0.15) is 11.3 Å². The van der Waals surface area contributed by atoms with Gasteiger partial charge in [0, 0.05) is 12.6 Å². The minimum Gasteiger partial charge on any atom is -0.306 e. The molecule has 4 nitrogen and oxygen atoms in total. The van der Waals surface area contributed by atoms with E-state index in [1.54, 1.807) is 35.6 Å². The van der Waals surface area contributed by atoms with Crippen molar-refractivity contribution in [2.75, 3.05) is 0 Å². The number of aryl methyl sites for hydroxylation is 1. The van der Waals surface area contributed by atoms with Crippen molar-refractivity contribution in [3.8, 4) is 0 Å². The number of rotatable bonds is 5. The van der Waals surface area contributed by atoms with Crippen LogP contribution in [0.15, 0.2) is 39.9 Å². The number of nitrogens with two attached hydrogens (primary N) is 1. The molecule has 1 heterocycles. The van der Waals surface area contributed by atoms with Crippen molar-refractivity contribution >= 4 is 21.4 Å². The van der Waals surface area contributed by atoms with Crippen molar-refractivity contribution < 1.29 is 8.42 Å². The molecule has 1 aromatic carbocycles. The van der Waals surface area contributed by atoms with Crippen molar-refractivity contribution in [3.05, 3.63) is 51.7 Å². The Hall–Kier alpha value is -1.21. The molecule has 2 rings (SSSR count). The van der Waals surface area contributed by atoms with Gasteiger partial charge in [-0.3, -0.25) is 0 Å². The molecule has 0 saturated carbocycles. The van der Waals surface area contributed by atoms with E-state index in [4.69, 9.17) is 5.14 Å². The standard InChI is InChI=1S/C14H18N2O2S2/c1-10-8-19-9-13(10)7-16-11(2)12-3-5-14(6-4-12)20(15,17)18/h3-6,8-9,11,16H,7H2,1-2H3,(H2,15,17,18). The van der Waals surface area contributed by atoms with Gasteiger partial charge in [0.15, 0.2) is 0 Å². The fourth-order valence-corrected chi connectivity index (χ4v) is 3.27. The third-order valence-corrected chi connectivity index (χ3v) is 5.11. The first-order chi connectivity index (χ1) is 9.38. The van der Waals surface area contributed by atoms with Crippen LogP contribution < -0.4 is 10.5 Å². The Morgan fingerprint density at radius 1 is 1.25 bits per heavy atom. The number of nitrogens with one attached hydrogen (secondary N) is 1. The Labute approximate surface area is 123 Å². The predicted molar refractivity (Wildman–Crippen MR) is 82.1 cm³/mol. The van der Waals surface area contributed by atoms with E-state index in [0.717, 1.165) is 12.1 Å². The van der Waals surface area contributed by atoms with E-state index in [1.807, 2.05) is 6.92 Å². The van der Waals surface area contributed by atoms with E-state index in [2.05, 4.69) is 23.0 Å². The molecule has 0 fully saturated rings. The van der Waals surface area contributed by atoms with Crippen LogP contribution in [0.3, 0.4) is 0 Å². The Kier molecular flexibility index (Phi) is 4.59. The van der Waals surface area contributed by atoms with Crippen molar-refractivity contribution in [1.29, 1.82) is 0 Å². The summed E-state index contributed by atoms with van der Waals surface area (Å²) in [6, 6.07) is 6.80. The third-order valence-electron chi connectivity index (χ3n) is 3.27. The predicted octanol–water partition coefficient (Wildman–Crippen LogP) is 2.55. The van der Waals surface area contributed by atoms with Gasteiger partial charge in [-0.1, -0.05) is 12.1 Å². The van der Waals surface area contributed by atoms with Crippen molar-refractivity contribution in [3.63, 3.8) is 0 Å². The van der Waals surface area contributed by atoms with Crippen LogP contribution in [0.4, 0.5) is 0 Å². The lowest BCUT2D eigenvalue weighted by Crippen LogP contribution is -2.18. The lowest BCUT2D eigenvalue weighted by Gasteiger charge is -2.14. The zero-order chi connectivity index (χ0) is 14.8. The van der Waals surface area contributed by atoms with Crippen LogP contribution in [0.1, 0.15) is 29.7 Å². The molecule has 2 aromatic rings. The van der Waals surface area contributed by atoms with Crippen LogP contribution in [0.25, 0.3) is 0 Å². The second-order valence-electron chi connectivity index (χ2n) is 4.80. The first-order valence-corrected chi connectivity index (χ1v) is 8.74. The molecule has 0 aliphatic rings. The molecule has 6 heteroatoms. The fourth-order valence-electron chi connectivity index (χ4n) is 1.90. The second-order valence-corrected chi connectivity index (χ2v) is 7.10. The van der Waals surface area contributed by atoms with Crippen LogP contribution in [-0.4, -0.2) is 8.42 Å². The molecule has 108 valence electrons. The highest BCUT2D eigenvalue weighted by Crippen LogP contribution is 2.18. The molecule has 0 radical (unpaired) electrons. The summed E-state index contributed by atoms with van der Waals surface area (Å²) in [5.74, 6) is 0. The molecule has 1 atom stereocenters. The summed E-state index contributed by atoms with van der Waals surface area (Å²) >= 11 is 1.70. The average molecular weight is 310 g/mol. The molecule has 0 aliphatic carbocycles. The third kappa shape index (κ3) is 3.67. The van der Waals surface area contributed by atoms with E-state index >= 15 is 0 Å². The maximum absolute atomic E-state index is 11.2. The molecule has 1 unspecified atom stereocenters. The number of hydrogen-bond donors (Lipinski definition) is 2. The maximum atomic E-state index is 11.2. The lowest BCUT2D eigenvalue weighted by atomic mass is 10.1. The van der Waals surface area contributed by atoms with Gasteiger partial charge < -0.3 is 5.32 Å². The van der Waals surface area contributed by atoms with Gasteiger partial charge in [0.25, 0.3) is 0 Å². The Morgan fingerprint density at radius 3 is 2.40 bits per heavy atom. The summed E-state index contributed by atoms with van der Waals surface area (Å²) in [5.41, 5.74) is 3.62. The van der Waals surface area contributed by atoms with Crippen LogP contribution >= 0.6 is 11.3 Å². The van der Waals surface area contributed by atoms with E-state index in [1.165, 1.54) is 11.1 Å². The SMILES string of the molecule is Cc1cscc1CNC(C)c1ccc(S(N)(=O)=O)cc1. The van der Waals surface area contributed by atoms with E-state index in [0.29, 0.717) is 0 Å². The Balaban J connectivity index is 2.03. The number of sulfonamides is 1. The van der Waals surface area contributed by atoms with Gasteiger partial charge in [0.1, 0.15) is 0 Å². The normalized spacial score (nSPS) is 13.3. The number of thiophene rings is 1. The summed E-state index contributed by atoms with van der Waals surface area (Å²) in [7, 11) is -3.62. The fraction of sp³-hybridized carbons (Fsp3) is 0.286. The van der Waals surface area contributed by atoms with Gasteiger partial charge in [0.2, 0.25) is 10.0 Å². The monoisotopic (exact) mass is 310 g/mol. The number of hydrogen-bond acceptors (Lipinski definition) is 4. The van der Waals surface area contributed by atoms with Gasteiger partial charge >= 0.3 is 0 Å². The first kappa shape index (κ1) is 15.2. The molecular weight excluding hydrogens is 292 g/mol. The highest BCUT2D eigenvalue weighted by Gasteiger charge is 2.10. The zero-order valence-corrected chi connectivity index (χ0v) is 13.1. The highest BCUT2D eigenvalue weighted by molar-refractivity contribution is 7.89. The molecule has 20 heavy (non-hydrogen) atoms. The summed E-state index contributed by atoms with van der Waals surface area (Å²) < 4.78 is 22.4. The van der Waals surface area contributed by atoms with Crippen molar-refractivity contribution in [2.45, 2.75) is 31.3 Å². The Bertz CT molecular complexity index is 675. The smallest absolute Gasteiger partial charge is 0.238 e. The highest BCUT2D eigenvalue weighted by atomic mass is 32.2. The van der Waals surface area contributed by atoms with E-state index in [9.17, 15) is 8.42 Å². The summed E-state index contributed by atoms with van der Waals surface area (Å²) in [4.78, 5) is 0.141. The topological polar surface area (TPSA) is 72.2 Å². The largest absolute Gasteiger partial charge is 0.306 e. The van der Waals surface area contributed by atoms with E-state index < -0.39 is 10.0 Å². The van der Waals surface area contributed by atoms with Crippen molar-refractivity contribution in [1.82, 2.24) is 5.32 Å². The van der Waals surface area contributed by atoms with Gasteiger partial charge in [-0.05, 0) is 53.4 Å². The molecule has 3 N–H and O–H groups in total. The molecule has 0 saturated heterocycles. The van der Waals surface area contributed by atoms with Crippen LogP contribution in [0, 0.1) is 6.92 Å². The Morgan fingerprint density at radius 2 is 1.90 bits per heavy atom. The minimum atomic E-state index is -3.62. The molecular formula is C14H18N2O2S2. The lowest BCUT2D eigenvalue weighted by molar-refractivity contribution is 0.573. The minimum absolute atomic E-state index is 0.141. The molecule has 0 spiro atoms. The van der Waals surface area contributed by atoms with Gasteiger partial charge in [0.05, 0.1) is 4.90 Å². The molecule has 1 aromatic heterocycles. The van der Waals surface area contributed by atoms with Crippen LogP contribution in [0.5, 0.6) is 0 Å². The molecule has 0 amide bonds. The average Bonchev–Trinajstić information content (AvgIpc) is 2.81. The number of primary sulfonamides is 1. The van der Waals surface area contributed by atoms with Crippen molar-refractivity contribution in [2.24, 2.45) is 5.14 Å². The molecule has 0 bridgehead atoms. The number of benzene rings is 1. The maximum Gasteiger partial charge on any atom is 0.238 e. The van der Waals surface area contributed by atoms with Gasteiger partial charge in [-0.25, -0.2) is 13.6 Å². The summed E-state index contributed by atoms with van der Waals surface area (Å²) in [5, 5.41) is 12.8.